The minimum absolute atomic E-state index is 0.176. The summed E-state index contributed by atoms with van der Waals surface area (Å²) in [7, 11) is 1.55. The van der Waals surface area contributed by atoms with Crippen LogP contribution in [0.5, 0.6) is 0 Å². The van der Waals surface area contributed by atoms with Gasteiger partial charge >= 0.3 is 0 Å². The third kappa shape index (κ3) is 1.14. The fourth-order valence-electron chi connectivity index (χ4n) is 2.34. The van der Waals surface area contributed by atoms with E-state index in [1.54, 1.807) is 7.11 Å². The van der Waals surface area contributed by atoms with E-state index >= 15 is 0 Å². The van der Waals surface area contributed by atoms with Gasteiger partial charge in [0.05, 0.1) is 19.3 Å². The van der Waals surface area contributed by atoms with Crippen molar-refractivity contribution in [3.05, 3.63) is 0 Å². The van der Waals surface area contributed by atoms with Crippen LogP contribution in [0.2, 0.25) is 0 Å². The number of methoxy groups -OCH3 is 1. The third-order valence-electron chi connectivity index (χ3n) is 3.11. The van der Waals surface area contributed by atoms with Gasteiger partial charge in [0.2, 0.25) is 0 Å². The minimum Gasteiger partial charge on any atom is -0.393 e. The number of ether oxygens (including phenoxy) is 3. The molecule has 0 aromatic rings. The molecule has 0 unspecified atom stereocenters. The standard InChI is InChI=1S/C9H16O5/c1-5-7-8(11)9(4-10,14-5)6(13-7)3-12-2/h5-8,10-11H,3-4H2,1-2H3/t5-,6+,7-,8-,9-/m0/s1. The van der Waals surface area contributed by atoms with Crippen LogP contribution in [0, 0.1) is 0 Å². The lowest BCUT2D eigenvalue weighted by Crippen LogP contribution is -2.52. The zero-order chi connectivity index (χ0) is 10.3. The van der Waals surface area contributed by atoms with Crippen LogP contribution in [-0.2, 0) is 14.2 Å². The van der Waals surface area contributed by atoms with Gasteiger partial charge in [-0.1, -0.05) is 0 Å². The molecule has 2 fully saturated rings. The topological polar surface area (TPSA) is 68.2 Å². The summed E-state index contributed by atoms with van der Waals surface area (Å²) >= 11 is 0. The highest BCUT2D eigenvalue weighted by atomic mass is 16.7. The van der Waals surface area contributed by atoms with Gasteiger partial charge in [-0.15, -0.1) is 0 Å². The Balaban J connectivity index is 2.20. The minimum atomic E-state index is -0.986. The average Bonchev–Trinajstić information content (AvgIpc) is 2.56. The molecule has 14 heavy (non-hydrogen) atoms. The summed E-state index contributed by atoms with van der Waals surface area (Å²) in [5, 5.41) is 19.2. The Morgan fingerprint density at radius 2 is 2.21 bits per heavy atom. The molecule has 0 aromatic heterocycles. The summed E-state index contributed by atoms with van der Waals surface area (Å²) in [4.78, 5) is 0. The Hall–Kier alpha value is -0.200. The average molecular weight is 204 g/mol. The van der Waals surface area contributed by atoms with Crippen molar-refractivity contribution in [3.8, 4) is 0 Å². The Morgan fingerprint density at radius 3 is 2.71 bits per heavy atom. The number of rotatable bonds is 3. The Kier molecular flexibility index (Phi) is 2.53. The lowest BCUT2D eigenvalue weighted by atomic mass is 9.94. The molecule has 5 atom stereocenters. The molecule has 2 N–H and O–H groups in total. The van der Waals surface area contributed by atoms with Gasteiger partial charge in [0.15, 0.2) is 0 Å². The zero-order valence-corrected chi connectivity index (χ0v) is 8.34. The van der Waals surface area contributed by atoms with Gasteiger partial charge in [-0.2, -0.15) is 0 Å². The number of hydrogen-bond acceptors (Lipinski definition) is 5. The van der Waals surface area contributed by atoms with Crippen LogP contribution in [0.25, 0.3) is 0 Å². The summed E-state index contributed by atoms with van der Waals surface area (Å²) in [5.41, 5.74) is -0.986. The molecule has 0 spiro atoms. The maximum absolute atomic E-state index is 9.88. The summed E-state index contributed by atoms with van der Waals surface area (Å²) in [6.45, 7) is 1.90. The van der Waals surface area contributed by atoms with Crippen molar-refractivity contribution in [2.24, 2.45) is 0 Å². The molecule has 2 aliphatic rings. The first-order valence-corrected chi connectivity index (χ1v) is 4.77. The maximum Gasteiger partial charge on any atom is 0.148 e. The molecule has 2 heterocycles. The summed E-state index contributed by atoms with van der Waals surface area (Å²) in [5.74, 6) is 0. The molecule has 0 aromatic carbocycles. The molecule has 5 heteroatoms. The van der Waals surface area contributed by atoms with Crippen LogP contribution in [0.4, 0.5) is 0 Å². The summed E-state index contributed by atoms with van der Waals surface area (Å²) in [6.07, 6.45) is -1.66. The summed E-state index contributed by atoms with van der Waals surface area (Å²) in [6, 6.07) is 0. The molecule has 2 bridgehead atoms. The number of aliphatic hydroxyl groups excluding tert-OH is 2. The van der Waals surface area contributed by atoms with Crippen LogP contribution in [0.1, 0.15) is 6.92 Å². The lowest BCUT2D eigenvalue weighted by Gasteiger charge is -2.34. The molecule has 0 radical (unpaired) electrons. The highest BCUT2D eigenvalue weighted by Crippen LogP contribution is 2.44. The van der Waals surface area contributed by atoms with E-state index in [1.165, 1.54) is 0 Å². The van der Waals surface area contributed by atoms with Crippen LogP contribution < -0.4 is 0 Å². The molecule has 0 amide bonds. The molecule has 0 aliphatic carbocycles. The first-order chi connectivity index (χ1) is 6.65. The second-order valence-corrected chi connectivity index (χ2v) is 3.93. The third-order valence-corrected chi connectivity index (χ3v) is 3.11. The van der Waals surface area contributed by atoms with E-state index in [1.807, 2.05) is 6.92 Å². The predicted molar refractivity (Wildman–Crippen MR) is 46.9 cm³/mol. The van der Waals surface area contributed by atoms with Crippen molar-refractivity contribution in [1.29, 1.82) is 0 Å². The highest BCUT2D eigenvalue weighted by Gasteiger charge is 2.64. The van der Waals surface area contributed by atoms with Crippen molar-refractivity contribution in [3.63, 3.8) is 0 Å². The molecule has 2 saturated heterocycles. The lowest BCUT2D eigenvalue weighted by molar-refractivity contribution is -0.206. The van der Waals surface area contributed by atoms with Crippen molar-refractivity contribution in [2.75, 3.05) is 20.3 Å². The quantitative estimate of drug-likeness (QED) is 0.611. The van der Waals surface area contributed by atoms with Crippen LogP contribution in [0.3, 0.4) is 0 Å². The monoisotopic (exact) mass is 204 g/mol. The van der Waals surface area contributed by atoms with E-state index in [0.29, 0.717) is 6.61 Å². The molecular weight excluding hydrogens is 188 g/mol. The number of hydrogen-bond donors (Lipinski definition) is 2. The SMILES string of the molecule is COC[C@H]1O[C@H]2[C@H](C)O[C@]1(CO)[C@H]2O. The first kappa shape index (κ1) is 10.3. The van der Waals surface area contributed by atoms with E-state index in [2.05, 4.69) is 0 Å². The van der Waals surface area contributed by atoms with E-state index in [9.17, 15) is 10.2 Å². The highest BCUT2D eigenvalue weighted by molar-refractivity contribution is 5.11. The first-order valence-electron chi connectivity index (χ1n) is 4.77. The molecular formula is C9H16O5. The second kappa shape index (κ2) is 3.43. The fourth-order valence-corrected chi connectivity index (χ4v) is 2.34. The van der Waals surface area contributed by atoms with E-state index in [-0.39, 0.29) is 24.9 Å². The molecule has 5 nitrogen and oxygen atoms in total. The van der Waals surface area contributed by atoms with Crippen molar-refractivity contribution >= 4 is 0 Å². The number of fused-ring (bicyclic) bond motifs is 2. The fraction of sp³-hybridized carbons (Fsp3) is 1.00. The van der Waals surface area contributed by atoms with Gasteiger partial charge in [0, 0.05) is 7.11 Å². The normalized spacial score (nSPS) is 51.4. The van der Waals surface area contributed by atoms with Gasteiger partial charge in [0.25, 0.3) is 0 Å². The Bertz CT molecular complexity index is 221. The van der Waals surface area contributed by atoms with Crippen molar-refractivity contribution in [2.45, 2.75) is 36.9 Å². The molecule has 0 saturated carbocycles. The largest absolute Gasteiger partial charge is 0.393 e. The van der Waals surface area contributed by atoms with E-state index in [4.69, 9.17) is 14.2 Å². The van der Waals surface area contributed by atoms with Gasteiger partial charge in [-0.3, -0.25) is 0 Å². The number of aliphatic hydroxyl groups is 2. The van der Waals surface area contributed by atoms with Gasteiger partial charge in [-0.05, 0) is 6.92 Å². The van der Waals surface area contributed by atoms with Crippen LogP contribution in [0.15, 0.2) is 0 Å². The Labute approximate surface area is 82.6 Å². The van der Waals surface area contributed by atoms with E-state index < -0.39 is 11.7 Å². The van der Waals surface area contributed by atoms with Gasteiger partial charge in [-0.25, -0.2) is 0 Å². The van der Waals surface area contributed by atoms with Crippen molar-refractivity contribution < 1.29 is 24.4 Å². The van der Waals surface area contributed by atoms with Crippen LogP contribution >= 0.6 is 0 Å². The smallest absolute Gasteiger partial charge is 0.148 e. The van der Waals surface area contributed by atoms with Crippen LogP contribution in [-0.4, -0.2) is 60.6 Å². The maximum atomic E-state index is 9.88. The summed E-state index contributed by atoms with van der Waals surface area (Å²) < 4.78 is 16.1. The van der Waals surface area contributed by atoms with Gasteiger partial charge in [0.1, 0.15) is 23.9 Å². The predicted octanol–water partition coefficient (Wildman–Crippen LogP) is -1.09. The van der Waals surface area contributed by atoms with Crippen molar-refractivity contribution in [1.82, 2.24) is 0 Å². The molecule has 2 rings (SSSR count). The second-order valence-electron chi connectivity index (χ2n) is 3.93. The van der Waals surface area contributed by atoms with Gasteiger partial charge < -0.3 is 24.4 Å². The Morgan fingerprint density at radius 1 is 1.50 bits per heavy atom. The molecule has 82 valence electrons. The molecule has 2 aliphatic heterocycles. The van der Waals surface area contributed by atoms with E-state index in [0.717, 1.165) is 0 Å². The zero-order valence-electron chi connectivity index (χ0n) is 8.34.